The molecule has 0 unspecified atom stereocenters. The molecule has 37 heavy (non-hydrogen) atoms. The first-order valence-electron chi connectivity index (χ1n) is 13.5. The van der Waals surface area contributed by atoms with Crippen LogP contribution in [0.2, 0.25) is 0 Å². The van der Waals surface area contributed by atoms with E-state index in [1.54, 1.807) is 36.7 Å². The fraction of sp³-hybridized carbons (Fsp3) is 0.387. The Kier molecular flexibility index (Phi) is 8.36. The van der Waals surface area contributed by atoms with Crippen LogP contribution < -0.4 is 5.32 Å². The number of carbonyl (C=O) groups excluding carboxylic acids is 1. The van der Waals surface area contributed by atoms with Crippen LogP contribution >= 0.6 is 0 Å². The molecule has 2 aliphatic rings. The van der Waals surface area contributed by atoms with Crippen LogP contribution in [0.15, 0.2) is 67.1 Å². The molecule has 2 aromatic carbocycles. The van der Waals surface area contributed by atoms with Gasteiger partial charge in [0.2, 0.25) is 5.91 Å². The van der Waals surface area contributed by atoms with Gasteiger partial charge in [0.1, 0.15) is 5.82 Å². The number of rotatable bonds is 7. The van der Waals surface area contributed by atoms with Crippen molar-refractivity contribution < 1.29 is 9.18 Å². The number of nitrogens with zero attached hydrogens (tertiary/aromatic N) is 3. The second kappa shape index (κ2) is 12.2. The van der Waals surface area contributed by atoms with Crippen molar-refractivity contribution in [3.05, 3.63) is 89.6 Å². The summed E-state index contributed by atoms with van der Waals surface area (Å²) in [4.78, 5) is 23.6. The number of nitrogens with one attached hydrogen (secondary N) is 1. The molecular weight excluding hydrogens is 463 g/mol. The van der Waals surface area contributed by atoms with Gasteiger partial charge in [-0.3, -0.25) is 14.8 Å². The lowest BCUT2D eigenvalue weighted by Gasteiger charge is -2.30. The fourth-order valence-corrected chi connectivity index (χ4v) is 5.56. The predicted molar refractivity (Wildman–Crippen MR) is 145 cm³/mol. The molecule has 5 rings (SSSR count). The number of benzene rings is 2. The monoisotopic (exact) mass is 498 g/mol. The Hall–Kier alpha value is -3.38. The molecule has 2 heterocycles. The molecule has 1 aliphatic carbocycles. The van der Waals surface area contributed by atoms with E-state index in [1.807, 2.05) is 6.20 Å². The summed E-state index contributed by atoms with van der Waals surface area (Å²) < 4.78 is 13.0. The van der Waals surface area contributed by atoms with Gasteiger partial charge in [0.15, 0.2) is 0 Å². The molecule has 5 nitrogen and oxygen atoms in total. The van der Waals surface area contributed by atoms with Crippen molar-refractivity contribution in [2.75, 3.05) is 19.6 Å². The molecule has 6 heteroatoms. The first-order chi connectivity index (χ1) is 18.1. The molecule has 0 saturated heterocycles. The SMILES string of the molecule is O=C(/C=C/c1ccc(F)cc1)NC1CCC(CCN2CCc3ccc(-c4cnccn4)cc3CC2)CC1. The van der Waals surface area contributed by atoms with Crippen LogP contribution in [-0.4, -0.2) is 46.5 Å². The molecule has 3 aromatic rings. The van der Waals surface area contributed by atoms with Crippen LogP contribution in [0.4, 0.5) is 4.39 Å². The van der Waals surface area contributed by atoms with Crippen molar-refractivity contribution in [3.8, 4) is 11.3 Å². The third-order valence-electron chi connectivity index (χ3n) is 7.80. The smallest absolute Gasteiger partial charge is 0.244 e. The maximum absolute atomic E-state index is 13.0. The number of halogens is 1. The molecule has 1 fully saturated rings. The van der Waals surface area contributed by atoms with Gasteiger partial charge in [-0.05, 0) is 98.4 Å². The third-order valence-corrected chi connectivity index (χ3v) is 7.80. The molecule has 1 aromatic heterocycles. The van der Waals surface area contributed by atoms with Crippen molar-refractivity contribution in [1.29, 1.82) is 0 Å². The predicted octanol–water partition coefficient (Wildman–Crippen LogP) is 5.46. The first-order valence-corrected chi connectivity index (χ1v) is 13.5. The van der Waals surface area contributed by atoms with E-state index in [0.717, 1.165) is 68.1 Å². The zero-order valence-electron chi connectivity index (χ0n) is 21.3. The Morgan fingerprint density at radius 2 is 1.78 bits per heavy atom. The average molecular weight is 499 g/mol. The number of hydrogen-bond acceptors (Lipinski definition) is 4. The molecule has 1 N–H and O–H groups in total. The van der Waals surface area contributed by atoms with Crippen molar-refractivity contribution in [1.82, 2.24) is 20.2 Å². The summed E-state index contributed by atoms with van der Waals surface area (Å²) in [7, 11) is 0. The molecule has 0 atom stereocenters. The molecule has 0 bridgehead atoms. The van der Waals surface area contributed by atoms with Crippen LogP contribution in [-0.2, 0) is 17.6 Å². The van der Waals surface area contributed by atoms with E-state index in [1.165, 1.54) is 42.5 Å². The highest BCUT2D eigenvalue weighted by atomic mass is 19.1. The van der Waals surface area contributed by atoms with Crippen molar-refractivity contribution in [3.63, 3.8) is 0 Å². The molecule has 1 amide bonds. The molecule has 1 saturated carbocycles. The molecule has 0 radical (unpaired) electrons. The highest BCUT2D eigenvalue weighted by Crippen LogP contribution is 2.28. The van der Waals surface area contributed by atoms with E-state index in [4.69, 9.17) is 0 Å². The normalized spacial score (nSPS) is 20.4. The van der Waals surface area contributed by atoms with Gasteiger partial charge in [-0.1, -0.05) is 24.3 Å². The lowest BCUT2D eigenvalue weighted by atomic mass is 9.84. The van der Waals surface area contributed by atoms with Crippen LogP contribution in [0.1, 0.15) is 48.8 Å². The summed E-state index contributed by atoms with van der Waals surface area (Å²) in [6.07, 6.45) is 16.4. The number of aromatic nitrogens is 2. The van der Waals surface area contributed by atoms with Gasteiger partial charge < -0.3 is 10.2 Å². The largest absolute Gasteiger partial charge is 0.350 e. The van der Waals surface area contributed by atoms with Gasteiger partial charge in [-0.15, -0.1) is 0 Å². The quantitative estimate of drug-likeness (QED) is 0.440. The second-order valence-electron chi connectivity index (χ2n) is 10.3. The Morgan fingerprint density at radius 1 is 1.00 bits per heavy atom. The Balaban J connectivity index is 1.03. The molecule has 1 aliphatic heterocycles. The van der Waals surface area contributed by atoms with E-state index in [9.17, 15) is 9.18 Å². The highest BCUT2D eigenvalue weighted by molar-refractivity contribution is 5.91. The maximum atomic E-state index is 13.0. The number of carbonyl (C=O) groups is 1. The maximum Gasteiger partial charge on any atom is 0.244 e. The Bertz CT molecular complexity index is 1200. The minimum atomic E-state index is -0.271. The second-order valence-corrected chi connectivity index (χ2v) is 10.3. The minimum Gasteiger partial charge on any atom is -0.350 e. The zero-order valence-corrected chi connectivity index (χ0v) is 21.3. The van der Waals surface area contributed by atoms with E-state index in [-0.39, 0.29) is 17.8 Å². The lowest BCUT2D eigenvalue weighted by Crippen LogP contribution is -2.37. The lowest BCUT2D eigenvalue weighted by molar-refractivity contribution is -0.117. The van der Waals surface area contributed by atoms with Gasteiger partial charge in [-0.2, -0.15) is 0 Å². The summed E-state index contributed by atoms with van der Waals surface area (Å²) in [5.74, 6) is 0.392. The summed E-state index contributed by atoms with van der Waals surface area (Å²) in [5.41, 5.74) is 5.80. The summed E-state index contributed by atoms with van der Waals surface area (Å²) in [6, 6.07) is 13.1. The molecule has 0 spiro atoms. The van der Waals surface area contributed by atoms with Crippen LogP contribution in [0.25, 0.3) is 17.3 Å². The van der Waals surface area contributed by atoms with Gasteiger partial charge in [0, 0.05) is 43.2 Å². The third kappa shape index (κ3) is 7.10. The van der Waals surface area contributed by atoms with Crippen LogP contribution in [0.5, 0.6) is 0 Å². The minimum absolute atomic E-state index is 0.0700. The Morgan fingerprint density at radius 3 is 2.54 bits per heavy atom. The topological polar surface area (TPSA) is 58.1 Å². The number of fused-ring (bicyclic) bond motifs is 1. The van der Waals surface area contributed by atoms with Gasteiger partial charge in [-0.25, -0.2) is 4.39 Å². The van der Waals surface area contributed by atoms with E-state index in [0.29, 0.717) is 0 Å². The summed E-state index contributed by atoms with van der Waals surface area (Å²) in [5, 5.41) is 3.14. The standard InChI is InChI=1S/C31H35FN4O/c32-28-8-1-23(2-9-28)5-12-31(37)35-29-10-3-24(4-11-29)13-18-36-19-14-25-6-7-27(21-26(25)15-20-36)30-22-33-16-17-34-30/h1-2,5-9,12,16-17,21-22,24,29H,3-4,10-11,13-15,18-20H2,(H,35,37)/b12-5+. The molecular formula is C31H35FN4O. The number of hydrogen-bond donors (Lipinski definition) is 1. The van der Waals surface area contributed by atoms with E-state index >= 15 is 0 Å². The van der Waals surface area contributed by atoms with Crippen molar-refractivity contribution in [2.24, 2.45) is 5.92 Å². The zero-order chi connectivity index (χ0) is 25.5. The van der Waals surface area contributed by atoms with Crippen LogP contribution in [0.3, 0.4) is 0 Å². The van der Waals surface area contributed by atoms with Gasteiger partial charge >= 0.3 is 0 Å². The van der Waals surface area contributed by atoms with Crippen molar-refractivity contribution in [2.45, 2.75) is 51.0 Å². The first kappa shape index (κ1) is 25.3. The number of amides is 1. The fourth-order valence-electron chi connectivity index (χ4n) is 5.56. The highest BCUT2D eigenvalue weighted by Gasteiger charge is 2.23. The summed E-state index contributed by atoms with van der Waals surface area (Å²) >= 11 is 0. The average Bonchev–Trinajstić information content (AvgIpc) is 3.15. The van der Waals surface area contributed by atoms with E-state index in [2.05, 4.69) is 38.4 Å². The Labute approximate surface area is 218 Å². The van der Waals surface area contributed by atoms with Gasteiger partial charge in [0.05, 0.1) is 11.9 Å². The summed E-state index contributed by atoms with van der Waals surface area (Å²) in [6.45, 7) is 3.36. The van der Waals surface area contributed by atoms with Crippen LogP contribution in [0, 0.1) is 11.7 Å². The van der Waals surface area contributed by atoms with Crippen molar-refractivity contribution >= 4 is 12.0 Å². The van der Waals surface area contributed by atoms with E-state index < -0.39 is 0 Å². The molecule has 192 valence electrons. The van der Waals surface area contributed by atoms with Gasteiger partial charge in [0.25, 0.3) is 0 Å².